The van der Waals surface area contributed by atoms with E-state index in [1.54, 1.807) is 0 Å². The minimum atomic E-state index is 1.000. The molecule has 1 aromatic carbocycles. The van der Waals surface area contributed by atoms with Gasteiger partial charge in [0.25, 0.3) is 0 Å². The van der Waals surface area contributed by atoms with Crippen LogP contribution in [0.5, 0.6) is 0 Å². The molecule has 1 aliphatic carbocycles. The van der Waals surface area contributed by atoms with Gasteiger partial charge in [0.05, 0.1) is 11.4 Å². The Morgan fingerprint density at radius 3 is 2.44 bits per heavy atom. The highest BCUT2D eigenvalue weighted by atomic mass is 15.1. The van der Waals surface area contributed by atoms with Gasteiger partial charge in [-0.1, -0.05) is 6.07 Å². The Bertz CT molecular complexity index is 586. The molecule has 16 heavy (non-hydrogen) atoms. The van der Waals surface area contributed by atoms with Crippen molar-refractivity contribution in [3.05, 3.63) is 46.1 Å². The van der Waals surface area contributed by atoms with Gasteiger partial charge < -0.3 is 0 Å². The summed E-state index contributed by atoms with van der Waals surface area (Å²) in [5.41, 5.74) is 8.73. The zero-order valence-corrected chi connectivity index (χ0v) is 9.83. The van der Waals surface area contributed by atoms with Crippen LogP contribution in [0.4, 0.5) is 0 Å². The summed E-state index contributed by atoms with van der Waals surface area (Å²) in [6.07, 6.45) is 1.00. The third kappa shape index (κ3) is 1.26. The van der Waals surface area contributed by atoms with Crippen LogP contribution in [0.2, 0.25) is 0 Å². The van der Waals surface area contributed by atoms with Crippen LogP contribution >= 0.6 is 0 Å². The third-order valence-electron chi connectivity index (χ3n) is 3.35. The maximum Gasteiger partial charge on any atom is 0.0968 e. The van der Waals surface area contributed by atoms with Gasteiger partial charge in [-0.05, 0) is 55.2 Å². The lowest BCUT2D eigenvalue weighted by atomic mass is 10.0. The Labute approximate surface area is 95.4 Å². The third-order valence-corrected chi connectivity index (χ3v) is 3.35. The highest BCUT2D eigenvalue weighted by Crippen LogP contribution is 2.36. The number of hydrogen-bond acceptors (Lipinski definition) is 2. The summed E-state index contributed by atoms with van der Waals surface area (Å²) >= 11 is 0. The van der Waals surface area contributed by atoms with Gasteiger partial charge in [0.2, 0.25) is 0 Å². The van der Waals surface area contributed by atoms with E-state index in [1.165, 1.54) is 27.8 Å². The molecule has 0 atom stereocenters. The zero-order chi connectivity index (χ0) is 11.3. The first-order valence-corrected chi connectivity index (χ1v) is 5.59. The molecular weight excluding hydrogens is 196 g/mol. The molecule has 1 aromatic heterocycles. The van der Waals surface area contributed by atoms with Crippen molar-refractivity contribution >= 4 is 0 Å². The first-order valence-electron chi connectivity index (χ1n) is 5.59. The van der Waals surface area contributed by atoms with Gasteiger partial charge in [0.15, 0.2) is 0 Å². The van der Waals surface area contributed by atoms with Crippen LogP contribution in [0.25, 0.3) is 11.3 Å². The number of benzene rings is 1. The van der Waals surface area contributed by atoms with E-state index in [0.29, 0.717) is 0 Å². The molecule has 3 rings (SSSR count). The van der Waals surface area contributed by atoms with E-state index in [2.05, 4.69) is 42.2 Å². The van der Waals surface area contributed by atoms with E-state index in [9.17, 15) is 0 Å². The predicted molar refractivity (Wildman–Crippen MR) is 64.5 cm³/mol. The second-order valence-electron chi connectivity index (χ2n) is 4.63. The SMILES string of the molecule is Cc1cc2c(nn1)-c1cc(C)c(C)cc1C2. The van der Waals surface area contributed by atoms with E-state index in [-0.39, 0.29) is 0 Å². The Morgan fingerprint density at radius 2 is 1.62 bits per heavy atom. The van der Waals surface area contributed by atoms with E-state index in [4.69, 9.17) is 0 Å². The molecule has 0 spiro atoms. The second kappa shape index (κ2) is 3.14. The van der Waals surface area contributed by atoms with Crippen molar-refractivity contribution in [2.75, 3.05) is 0 Å². The molecule has 0 aliphatic heterocycles. The number of aromatic nitrogens is 2. The van der Waals surface area contributed by atoms with Gasteiger partial charge >= 0.3 is 0 Å². The van der Waals surface area contributed by atoms with Gasteiger partial charge in [-0.2, -0.15) is 5.10 Å². The summed E-state index contributed by atoms with van der Waals surface area (Å²) in [6, 6.07) is 6.66. The van der Waals surface area contributed by atoms with Crippen molar-refractivity contribution in [3.63, 3.8) is 0 Å². The Kier molecular flexibility index (Phi) is 1.87. The first kappa shape index (κ1) is 9.52. The van der Waals surface area contributed by atoms with E-state index in [0.717, 1.165) is 17.8 Å². The summed E-state index contributed by atoms with van der Waals surface area (Å²) in [6.45, 7) is 6.30. The molecule has 1 aliphatic rings. The van der Waals surface area contributed by atoms with Crippen LogP contribution in [0.15, 0.2) is 18.2 Å². The molecule has 2 heteroatoms. The maximum absolute atomic E-state index is 4.32. The van der Waals surface area contributed by atoms with Crippen LogP contribution in [0.1, 0.15) is 27.9 Å². The van der Waals surface area contributed by atoms with E-state index >= 15 is 0 Å². The topological polar surface area (TPSA) is 25.8 Å². The van der Waals surface area contributed by atoms with Crippen molar-refractivity contribution in [2.45, 2.75) is 27.2 Å². The smallest absolute Gasteiger partial charge is 0.0968 e. The standard InChI is InChI=1S/C14H14N2/c1-8-4-11-7-12-6-10(3)15-16-14(12)13(11)5-9(8)2/h4-6H,7H2,1-3H3. The van der Waals surface area contributed by atoms with Crippen molar-refractivity contribution in [2.24, 2.45) is 0 Å². The monoisotopic (exact) mass is 210 g/mol. The van der Waals surface area contributed by atoms with Gasteiger partial charge in [0, 0.05) is 12.0 Å². The number of hydrogen-bond donors (Lipinski definition) is 0. The van der Waals surface area contributed by atoms with Crippen molar-refractivity contribution in [1.29, 1.82) is 0 Å². The van der Waals surface area contributed by atoms with Crippen molar-refractivity contribution in [3.8, 4) is 11.3 Å². The molecule has 0 radical (unpaired) electrons. The summed E-state index contributed by atoms with van der Waals surface area (Å²) in [4.78, 5) is 0. The average Bonchev–Trinajstić information content (AvgIpc) is 2.55. The van der Waals surface area contributed by atoms with Crippen LogP contribution in [-0.4, -0.2) is 10.2 Å². The van der Waals surface area contributed by atoms with Gasteiger partial charge in [-0.25, -0.2) is 0 Å². The number of rotatable bonds is 0. The number of aryl methyl sites for hydroxylation is 3. The number of fused-ring (bicyclic) bond motifs is 3. The Hall–Kier alpha value is -1.70. The minimum Gasteiger partial charge on any atom is -0.155 e. The molecule has 80 valence electrons. The van der Waals surface area contributed by atoms with Crippen molar-refractivity contribution in [1.82, 2.24) is 10.2 Å². The van der Waals surface area contributed by atoms with Crippen LogP contribution in [0.3, 0.4) is 0 Å². The van der Waals surface area contributed by atoms with Gasteiger partial charge in [-0.15, -0.1) is 5.10 Å². The predicted octanol–water partition coefficient (Wildman–Crippen LogP) is 2.97. The van der Waals surface area contributed by atoms with E-state index < -0.39 is 0 Å². The lowest BCUT2D eigenvalue weighted by Gasteiger charge is -2.04. The Balaban J connectivity index is 2.25. The lowest BCUT2D eigenvalue weighted by molar-refractivity contribution is 0.975. The zero-order valence-electron chi connectivity index (χ0n) is 9.83. The highest BCUT2D eigenvalue weighted by molar-refractivity contribution is 5.74. The number of nitrogens with zero attached hydrogens (tertiary/aromatic N) is 2. The molecule has 1 heterocycles. The molecule has 0 saturated carbocycles. The largest absolute Gasteiger partial charge is 0.155 e. The fraction of sp³-hybridized carbons (Fsp3) is 0.286. The molecule has 0 bridgehead atoms. The molecule has 0 amide bonds. The Morgan fingerprint density at radius 1 is 0.875 bits per heavy atom. The normalized spacial score (nSPS) is 12.4. The fourth-order valence-corrected chi connectivity index (χ4v) is 2.35. The quantitative estimate of drug-likeness (QED) is 0.570. The van der Waals surface area contributed by atoms with Crippen LogP contribution in [-0.2, 0) is 6.42 Å². The molecular formula is C14H14N2. The van der Waals surface area contributed by atoms with Crippen LogP contribution < -0.4 is 0 Å². The minimum absolute atomic E-state index is 1.000. The summed E-state index contributed by atoms with van der Waals surface area (Å²) in [5.74, 6) is 0. The van der Waals surface area contributed by atoms with Gasteiger partial charge in [0.1, 0.15) is 0 Å². The molecule has 0 unspecified atom stereocenters. The molecule has 0 fully saturated rings. The summed E-state index contributed by atoms with van der Waals surface area (Å²) < 4.78 is 0. The second-order valence-corrected chi connectivity index (χ2v) is 4.63. The first-order chi connectivity index (χ1) is 7.65. The van der Waals surface area contributed by atoms with E-state index in [1.807, 2.05) is 6.92 Å². The van der Waals surface area contributed by atoms with Crippen molar-refractivity contribution < 1.29 is 0 Å². The summed E-state index contributed by atoms with van der Waals surface area (Å²) in [5, 5.41) is 8.47. The molecule has 0 N–H and O–H groups in total. The highest BCUT2D eigenvalue weighted by Gasteiger charge is 2.21. The van der Waals surface area contributed by atoms with Crippen LogP contribution in [0, 0.1) is 20.8 Å². The molecule has 0 saturated heterocycles. The molecule has 2 aromatic rings. The lowest BCUT2D eigenvalue weighted by Crippen LogP contribution is -1.91. The maximum atomic E-state index is 4.32. The van der Waals surface area contributed by atoms with Gasteiger partial charge in [-0.3, -0.25) is 0 Å². The summed E-state index contributed by atoms with van der Waals surface area (Å²) in [7, 11) is 0. The average molecular weight is 210 g/mol. The fourth-order valence-electron chi connectivity index (χ4n) is 2.35. The molecule has 2 nitrogen and oxygen atoms in total.